The Bertz CT molecular complexity index is 301. The lowest BCUT2D eigenvalue weighted by Gasteiger charge is -2.20. The number of rotatable bonds is 5. The fourth-order valence-electron chi connectivity index (χ4n) is 1.59. The van der Waals surface area contributed by atoms with Gasteiger partial charge in [-0.15, -0.1) is 0 Å². The van der Waals surface area contributed by atoms with Crippen LogP contribution < -0.4 is 0 Å². The minimum Gasteiger partial charge on any atom is -0.508 e. The summed E-state index contributed by atoms with van der Waals surface area (Å²) in [6, 6.07) is 7.33. The molecule has 2 N–H and O–H groups in total. The molecule has 0 fully saturated rings. The van der Waals surface area contributed by atoms with Crippen LogP contribution in [-0.4, -0.2) is 35.3 Å². The lowest BCUT2D eigenvalue weighted by Crippen LogP contribution is -2.25. The Hall–Kier alpha value is -1.06. The molecule has 1 aromatic carbocycles. The molecule has 1 unspecified atom stereocenters. The van der Waals surface area contributed by atoms with Crippen LogP contribution in [-0.2, 0) is 6.54 Å². The van der Waals surface area contributed by atoms with E-state index in [4.69, 9.17) is 5.11 Å². The molecule has 84 valence electrons. The highest BCUT2D eigenvalue weighted by Crippen LogP contribution is 2.17. The monoisotopic (exact) mass is 209 g/mol. The topological polar surface area (TPSA) is 43.7 Å². The Balaban J connectivity index is 2.51. The molecular formula is C12H19NO2. The third-order valence-corrected chi connectivity index (χ3v) is 2.37. The maximum atomic E-state index is 9.57. The maximum Gasteiger partial charge on any atom is 0.120 e. The van der Waals surface area contributed by atoms with Crippen LogP contribution in [0.1, 0.15) is 12.5 Å². The van der Waals surface area contributed by atoms with Gasteiger partial charge in [0.2, 0.25) is 0 Å². The van der Waals surface area contributed by atoms with Crippen molar-refractivity contribution in [2.45, 2.75) is 13.5 Å². The third kappa shape index (κ3) is 3.90. The van der Waals surface area contributed by atoms with Crippen LogP contribution in [0.2, 0.25) is 0 Å². The van der Waals surface area contributed by atoms with Gasteiger partial charge in [0.15, 0.2) is 0 Å². The molecule has 1 rings (SSSR count). The van der Waals surface area contributed by atoms with Crippen LogP contribution in [0.5, 0.6) is 5.75 Å². The molecular weight excluding hydrogens is 190 g/mol. The molecule has 0 aliphatic heterocycles. The number of phenols is 1. The number of para-hydroxylation sites is 1. The summed E-state index contributed by atoms with van der Waals surface area (Å²) in [7, 11) is 1.98. The zero-order chi connectivity index (χ0) is 11.3. The number of nitrogens with zero attached hydrogens (tertiary/aromatic N) is 1. The first-order valence-corrected chi connectivity index (χ1v) is 5.19. The highest BCUT2D eigenvalue weighted by molar-refractivity contribution is 5.31. The van der Waals surface area contributed by atoms with Gasteiger partial charge < -0.3 is 15.1 Å². The number of phenolic OH excluding ortho intramolecular Hbond substituents is 1. The molecule has 0 aromatic heterocycles. The van der Waals surface area contributed by atoms with Crippen molar-refractivity contribution in [3.63, 3.8) is 0 Å². The van der Waals surface area contributed by atoms with Crippen LogP contribution in [0.4, 0.5) is 0 Å². The summed E-state index contributed by atoms with van der Waals surface area (Å²) in [4.78, 5) is 2.09. The molecule has 0 saturated carbocycles. The van der Waals surface area contributed by atoms with Gasteiger partial charge in [0.1, 0.15) is 5.75 Å². The van der Waals surface area contributed by atoms with Crippen LogP contribution >= 0.6 is 0 Å². The molecule has 1 aromatic rings. The van der Waals surface area contributed by atoms with Crippen LogP contribution in [0.15, 0.2) is 24.3 Å². The Kier molecular flexibility index (Phi) is 4.59. The smallest absolute Gasteiger partial charge is 0.120 e. The Morgan fingerprint density at radius 3 is 2.60 bits per heavy atom. The maximum absolute atomic E-state index is 9.57. The lowest BCUT2D eigenvalue weighted by atomic mass is 10.1. The number of aliphatic hydroxyl groups is 1. The van der Waals surface area contributed by atoms with Crippen molar-refractivity contribution in [3.05, 3.63) is 29.8 Å². The van der Waals surface area contributed by atoms with Crippen molar-refractivity contribution < 1.29 is 10.2 Å². The SMILES string of the molecule is CC(CO)CN(C)Cc1ccccc1O. The second kappa shape index (κ2) is 5.73. The average molecular weight is 209 g/mol. The van der Waals surface area contributed by atoms with Gasteiger partial charge >= 0.3 is 0 Å². The van der Waals surface area contributed by atoms with Crippen molar-refractivity contribution in [3.8, 4) is 5.75 Å². The molecule has 0 spiro atoms. The van der Waals surface area contributed by atoms with Gasteiger partial charge in [0.25, 0.3) is 0 Å². The number of hydrogen-bond donors (Lipinski definition) is 2. The summed E-state index contributed by atoms with van der Waals surface area (Å²) in [6.07, 6.45) is 0. The summed E-state index contributed by atoms with van der Waals surface area (Å²) in [5.74, 6) is 0.599. The largest absolute Gasteiger partial charge is 0.508 e. The minimum atomic E-state index is 0.200. The first kappa shape index (κ1) is 12.0. The van der Waals surface area contributed by atoms with E-state index in [0.717, 1.165) is 12.1 Å². The molecule has 0 aliphatic rings. The normalized spacial score (nSPS) is 13.1. The van der Waals surface area contributed by atoms with Crippen molar-refractivity contribution in [2.75, 3.05) is 20.2 Å². The molecule has 0 aliphatic carbocycles. The molecule has 1 atom stereocenters. The van der Waals surface area contributed by atoms with E-state index in [1.165, 1.54) is 0 Å². The number of aliphatic hydroxyl groups excluding tert-OH is 1. The predicted molar refractivity (Wildman–Crippen MR) is 60.7 cm³/mol. The number of benzene rings is 1. The first-order valence-electron chi connectivity index (χ1n) is 5.19. The quantitative estimate of drug-likeness (QED) is 0.771. The van der Waals surface area contributed by atoms with E-state index in [0.29, 0.717) is 12.3 Å². The van der Waals surface area contributed by atoms with Gasteiger partial charge in [-0.25, -0.2) is 0 Å². The highest BCUT2D eigenvalue weighted by Gasteiger charge is 2.07. The second-order valence-electron chi connectivity index (χ2n) is 4.11. The summed E-state index contributed by atoms with van der Waals surface area (Å²) in [5.41, 5.74) is 0.921. The van der Waals surface area contributed by atoms with E-state index >= 15 is 0 Å². The first-order chi connectivity index (χ1) is 7.13. The highest BCUT2D eigenvalue weighted by atomic mass is 16.3. The number of aromatic hydroxyl groups is 1. The van der Waals surface area contributed by atoms with Gasteiger partial charge in [-0.2, -0.15) is 0 Å². The molecule has 15 heavy (non-hydrogen) atoms. The second-order valence-corrected chi connectivity index (χ2v) is 4.11. The predicted octanol–water partition coefficient (Wildman–Crippen LogP) is 1.45. The van der Waals surface area contributed by atoms with Crippen LogP contribution in [0.3, 0.4) is 0 Å². The van der Waals surface area contributed by atoms with E-state index in [9.17, 15) is 5.11 Å². The average Bonchev–Trinajstić information content (AvgIpc) is 2.21. The van der Waals surface area contributed by atoms with Gasteiger partial charge in [0, 0.05) is 25.3 Å². The third-order valence-electron chi connectivity index (χ3n) is 2.37. The molecule has 0 bridgehead atoms. The van der Waals surface area contributed by atoms with Crippen molar-refractivity contribution in [2.24, 2.45) is 5.92 Å². The van der Waals surface area contributed by atoms with Crippen molar-refractivity contribution in [1.29, 1.82) is 0 Å². The van der Waals surface area contributed by atoms with Gasteiger partial charge in [-0.3, -0.25) is 0 Å². The van der Waals surface area contributed by atoms with E-state index in [1.807, 2.05) is 32.2 Å². The zero-order valence-corrected chi connectivity index (χ0v) is 9.35. The molecule has 0 saturated heterocycles. The zero-order valence-electron chi connectivity index (χ0n) is 9.35. The van der Waals surface area contributed by atoms with E-state index in [1.54, 1.807) is 6.07 Å². The Labute approximate surface area is 91.0 Å². The van der Waals surface area contributed by atoms with Crippen molar-refractivity contribution >= 4 is 0 Å². The van der Waals surface area contributed by atoms with E-state index in [2.05, 4.69) is 4.90 Å². The minimum absolute atomic E-state index is 0.200. The molecule has 0 amide bonds. The lowest BCUT2D eigenvalue weighted by molar-refractivity contribution is 0.187. The van der Waals surface area contributed by atoms with Gasteiger partial charge in [0.05, 0.1) is 0 Å². The van der Waals surface area contributed by atoms with Gasteiger partial charge in [-0.05, 0) is 19.0 Å². The summed E-state index contributed by atoms with van der Waals surface area (Å²) in [6.45, 7) is 3.73. The van der Waals surface area contributed by atoms with E-state index < -0.39 is 0 Å². The molecule has 0 heterocycles. The van der Waals surface area contributed by atoms with Crippen LogP contribution in [0, 0.1) is 5.92 Å². The fourth-order valence-corrected chi connectivity index (χ4v) is 1.59. The number of hydrogen-bond acceptors (Lipinski definition) is 3. The van der Waals surface area contributed by atoms with E-state index in [-0.39, 0.29) is 12.5 Å². The molecule has 3 heteroatoms. The Morgan fingerprint density at radius 1 is 1.33 bits per heavy atom. The summed E-state index contributed by atoms with van der Waals surface area (Å²) >= 11 is 0. The fraction of sp³-hybridized carbons (Fsp3) is 0.500. The Morgan fingerprint density at radius 2 is 2.00 bits per heavy atom. The van der Waals surface area contributed by atoms with Gasteiger partial charge in [-0.1, -0.05) is 25.1 Å². The standard InChI is InChI=1S/C12H19NO2/c1-10(9-14)7-13(2)8-11-5-3-4-6-12(11)15/h3-6,10,14-15H,7-9H2,1-2H3. The molecule has 3 nitrogen and oxygen atoms in total. The molecule has 0 radical (unpaired) electrons. The van der Waals surface area contributed by atoms with Crippen LogP contribution in [0.25, 0.3) is 0 Å². The summed E-state index contributed by atoms with van der Waals surface area (Å²) < 4.78 is 0. The van der Waals surface area contributed by atoms with Crippen molar-refractivity contribution in [1.82, 2.24) is 4.90 Å². The summed E-state index contributed by atoms with van der Waals surface area (Å²) in [5, 5.41) is 18.5.